The van der Waals surface area contributed by atoms with Crippen molar-refractivity contribution < 1.29 is 9.90 Å². The zero-order chi connectivity index (χ0) is 21.1. The van der Waals surface area contributed by atoms with E-state index in [9.17, 15) is 14.7 Å². The molecular weight excluding hydrogens is 404 g/mol. The van der Waals surface area contributed by atoms with E-state index >= 15 is 0 Å². The fraction of sp³-hybridized carbons (Fsp3) is 0.364. The maximum atomic E-state index is 12.4. The molecule has 0 aliphatic carbocycles. The van der Waals surface area contributed by atoms with Crippen molar-refractivity contribution in [1.29, 1.82) is 0 Å². The summed E-state index contributed by atoms with van der Waals surface area (Å²) < 4.78 is 0. The number of H-pyrrole nitrogens is 2. The summed E-state index contributed by atoms with van der Waals surface area (Å²) in [7, 11) is 0. The number of hydrogen-bond donors (Lipinski definition) is 4. The van der Waals surface area contributed by atoms with E-state index < -0.39 is 5.60 Å². The maximum absolute atomic E-state index is 12.4. The van der Waals surface area contributed by atoms with Crippen molar-refractivity contribution in [3.63, 3.8) is 0 Å². The third-order valence-electron chi connectivity index (χ3n) is 5.72. The zero-order valence-electron chi connectivity index (χ0n) is 16.6. The first-order valence-corrected chi connectivity index (χ1v) is 10.5. The Labute approximate surface area is 179 Å². The number of carbonyl (C=O) groups excluding carboxylic acids is 1. The molecule has 7 nitrogen and oxygen atoms in total. The Bertz CT molecular complexity index is 1080. The number of rotatable bonds is 6. The minimum absolute atomic E-state index is 0.171. The molecule has 4 N–H and O–H groups in total. The first-order chi connectivity index (χ1) is 14.4. The van der Waals surface area contributed by atoms with Gasteiger partial charge in [0.25, 0.3) is 5.91 Å². The van der Waals surface area contributed by atoms with Crippen molar-refractivity contribution in [2.45, 2.75) is 24.9 Å². The van der Waals surface area contributed by atoms with E-state index in [0.717, 1.165) is 25.2 Å². The largest absolute Gasteiger partial charge is 0.389 e. The molecule has 0 saturated carbocycles. The third-order valence-corrected chi connectivity index (χ3v) is 5.98. The molecule has 1 fully saturated rings. The van der Waals surface area contributed by atoms with Crippen molar-refractivity contribution in [2.75, 3.05) is 26.2 Å². The number of aromatic amines is 2. The molecule has 158 valence electrons. The summed E-state index contributed by atoms with van der Waals surface area (Å²) in [6, 6.07) is 12.7. The summed E-state index contributed by atoms with van der Waals surface area (Å²) in [5.74, 6) is -0.171. The van der Waals surface area contributed by atoms with Gasteiger partial charge in [0.2, 0.25) is 0 Å². The van der Waals surface area contributed by atoms with Crippen molar-refractivity contribution in [1.82, 2.24) is 20.2 Å². The third kappa shape index (κ3) is 4.92. The van der Waals surface area contributed by atoms with Crippen LogP contribution in [-0.2, 0) is 6.42 Å². The lowest BCUT2D eigenvalue weighted by Gasteiger charge is -2.38. The second-order valence-electron chi connectivity index (χ2n) is 7.96. The van der Waals surface area contributed by atoms with Crippen LogP contribution in [-0.4, -0.2) is 57.7 Å². The Morgan fingerprint density at radius 1 is 1.10 bits per heavy atom. The van der Waals surface area contributed by atoms with Crippen LogP contribution in [0.25, 0.3) is 11.0 Å². The van der Waals surface area contributed by atoms with E-state index in [0.29, 0.717) is 47.4 Å². The Balaban J connectivity index is 1.23. The molecule has 0 radical (unpaired) electrons. The van der Waals surface area contributed by atoms with Gasteiger partial charge in [-0.2, -0.15) is 0 Å². The molecule has 1 saturated heterocycles. The van der Waals surface area contributed by atoms with Crippen LogP contribution >= 0.6 is 11.6 Å². The van der Waals surface area contributed by atoms with Crippen LogP contribution in [0.1, 0.15) is 28.8 Å². The lowest BCUT2D eigenvalue weighted by atomic mass is 9.85. The SMILES string of the molecule is O=C(NCCN1CCC(O)(Cc2ccc(Cl)cc2)CC1)c1ccc2[nH]c(=O)[nH]c2c1. The molecule has 1 amide bonds. The number of likely N-dealkylation sites (tertiary alicyclic amines) is 1. The molecule has 3 aromatic rings. The van der Waals surface area contributed by atoms with Gasteiger partial charge in [0.1, 0.15) is 0 Å². The zero-order valence-corrected chi connectivity index (χ0v) is 17.3. The summed E-state index contributed by atoms with van der Waals surface area (Å²) >= 11 is 5.93. The fourth-order valence-corrected chi connectivity index (χ4v) is 4.08. The summed E-state index contributed by atoms with van der Waals surface area (Å²) in [5.41, 5.74) is 1.90. The number of amides is 1. The number of piperidine rings is 1. The first kappa shape index (κ1) is 20.7. The Morgan fingerprint density at radius 3 is 2.53 bits per heavy atom. The van der Waals surface area contributed by atoms with Gasteiger partial charge in [0.15, 0.2) is 0 Å². The van der Waals surface area contributed by atoms with Crippen LogP contribution in [0.2, 0.25) is 5.02 Å². The smallest absolute Gasteiger partial charge is 0.323 e. The van der Waals surface area contributed by atoms with Crippen LogP contribution in [0.5, 0.6) is 0 Å². The summed E-state index contributed by atoms with van der Waals surface area (Å²) in [5, 5.41) is 14.5. The molecule has 0 bridgehead atoms. The van der Waals surface area contributed by atoms with Crippen LogP contribution < -0.4 is 11.0 Å². The molecule has 1 aliphatic heterocycles. The van der Waals surface area contributed by atoms with Crippen molar-refractivity contribution >= 4 is 28.5 Å². The van der Waals surface area contributed by atoms with E-state index in [-0.39, 0.29) is 11.6 Å². The molecule has 2 aromatic carbocycles. The van der Waals surface area contributed by atoms with Gasteiger partial charge in [0.05, 0.1) is 16.6 Å². The van der Waals surface area contributed by atoms with Gasteiger partial charge in [-0.15, -0.1) is 0 Å². The van der Waals surface area contributed by atoms with Gasteiger partial charge in [-0.1, -0.05) is 23.7 Å². The molecule has 0 atom stereocenters. The lowest BCUT2D eigenvalue weighted by molar-refractivity contribution is -0.0202. The van der Waals surface area contributed by atoms with Crippen LogP contribution in [0.15, 0.2) is 47.3 Å². The standard InChI is InChI=1S/C22H25ClN4O3/c23-17-4-1-15(2-5-17)14-22(30)7-10-27(11-8-22)12-9-24-20(28)16-3-6-18-19(13-16)26-21(29)25-18/h1-6,13,30H,7-12,14H2,(H,24,28)(H2,25,26,29). The monoisotopic (exact) mass is 428 g/mol. The number of nitrogens with zero attached hydrogens (tertiary/aromatic N) is 1. The van der Waals surface area contributed by atoms with Gasteiger partial charge in [-0.25, -0.2) is 4.79 Å². The second-order valence-corrected chi connectivity index (χ2v) is 8.40. The highest BCUT2D eigenvalue weighted by atomic mass is 35.5. The Kier molecular flexibility index (Phi) is 5.94. The predicted octanol–water partition coefficient (Wildman–Crippen LogP) is 2.31. The summed E-state index contributed by atoms with van der Waals surface area (Å²) in [6.45, 7) is 2.83. The number of halogens is 1. The molecule has 2 heterocycles. The molecule has 1 aromatic heterocycles. The molecule has 0 spiro atoms. The number of hydrogen-bond acceptors (Lipinski definition) is 4. The van der Waals surface area contributed by atoms with Crippen LogP contribution in [0.4, 0.5) is 0 Å². The van der Waals surface area contributed by atoms with E-state index in [1.165, 1.54) is 0 Å². The number of fused-ring (bicyclic) bond motifs is 1. The molecule has 0 unspecified atom stereocenters. The van der Waals surface area contributed by atoms with Crippen LogP contribution in [0, 0.1) is 0 Å². The summed E-state index contributed by atoms with van der Waals surface area (Å²) in [4.78, 5) is 31.3. The maximum Gasteiger partial charge on any atom is 0.323 e. The predicted molar refractivity (Wildman–Crippen MR) is 117 cm³/mol. The number of aromatic nitrogens is 2. The highest BCUT2D eigenvalue weighted by Crippen LogP contribution is 2.26. The Morgan fingerprint density at radius 2 is 1.80 bits per heavy atom. The Hall–Kier alpha value is -2.61. The van der Waals surface area contributed by atoms with Crippen molar-refractivity contribution in [3.8, 4) is 0 Å². The summed E-state index contributed by atoms with van der Waals surface area (Å²) in [6.07, 6.45) is 2.01. The minimum atomic E-state index is -0.698. The number of benzene rings is 2. The van der Waals surface area contributed by atoms with Gasteiger partial charge >= 0.3 is 5.69 Å². The topological polar surface area (TPSA) is 101 Å². The van der Waals surface area contributed by atoms with E-state index in [1.54, 1.807) is 18.2 Å². The molecular formula is C22H25ClN4O3. The average Bonchev–Trinajstić information content (AvgIpc) is 3.10. The fourth-order valence-electron chi connectivity index (χ4n) is 3.96. The minimum Gasteiger partial charge on any atom is -0.389 e. The number of carbonyl (C=O) groups is 1. The van der Waals surface area contributed by atoms with Gasteiger partial charge in [0, 0.05) is 43.2 Å². The van der Waals surface area contributed by atoms with Gasteiger partial charge < -0.3 is 25.3 Å². The highest BCUT2D eigenvalue weighted by Gasteiger charge is 2.32. The average molecular weight is 429 g/mol. The molecule has 8 heteroatoms. The number of aliphatic hydroxyl groups is 1. The highest BCUT2D eigenvalue weighted by molar-refractivity contribution is 6.30. The van der Waals surface area contributed by atoms with Crippen molar-refractivity contribution in [3.05, 3.63) is 69.1 Å². The first-order valence-electron chi connectivity index (χ1n) is 10.1. The lowest BCUT2D eigenvalue weighted by Crippen LogP contribution is -2.47. The van der Waals surface area contributed by atoms with Gasteiger partial charge in [-0.05, 0) is 48.7 Å². The second kappa shape index (κ2) is 8.63. The normalized spacial score (nSPS) is 16.6. The number of imidazole rings is 1. The van der Waals surface area contributed by atoms with E-state index in [4.69, 9.17) is 11.6 Å². The molecule has 1 aliphatic rings. The number of nitrogens with one attached hydrogen (secondary N) is 3. The van der Waals surface area contributed by atoms with E-state index in [2.05, 4.69) is 20.2 Å². The van der Waals surface area contributed by atoms with Crippen molar-refractivity contribution in [2.24, 2.45) is 0 Å². The quantitative estimate of drug-likeness (QED) is 0.484. The molecule has 30 heavy (non-hydrogen) atoms. The van der Waals surface area contributed by atoms with Gasteiger partial charge in [-0.3, -0.25) is 4.79 Å². The molecule has 4 rings (SSSR count). The van der Waals surface area contributed by atoms with E-state index in [1.807, 2.05) is 24.3 Å². The van der Waals surface area contributed by atoms with Crippen LogP contribution in [0.3, 0.4) is 0 Å².